The van der Waals surface area contributed by atoms with Crippen molar-refractivity contribution < 1.29 is 47.9 Å². The lowest BCUT2D eigenvalue weighted by molar-refractivity contribution is 0.0505. The molecule has 7 rings (SSSR count). The van der Waals surface area contributed by atoms with E-state index in [1.807, 2.05) is 68.4 Å². The molecule has 0 aromatic heterocycles. The van der Waals surface area contributed by atoms with Crippen molar-refractivity contribution in [3.8, 4) is 34.5 Å². The van der Waals surface area contributed by atoms with Gasteiger partial charge in [-0.3, -0.25) is 9.59 Å². The van der Waals surface area contributed by atoms with Gasteiger partial charge in [0.2, 0.25) is 0 Å². The Labute approximate surface area is 308 Å². The van der Waals surface area contributed by atoms with Crippen LogP contribution in [-0.4, -0.2) is 57.7 Å². The first-order chi connectivity index (χ1) is 25.6. The summed E-state index contributed by atoms with van der Waals surface area (Å²) < 4.78 is 38.2. The Balaban J connectivity index is 0.000000188. The van der Waals surface area contributed by atoms with E-state index < -0.39 is 10.8 Å². The van der Waals surface area contributed by atoms with Crippen molar-refractivity contribution >= 4 is 11.6 Å². The molecule has 5 aromatic carbocycles. The maximum absolute atomic E-state index is 13.3. The van der Waals surface area contributed by atoms with E-state index in [0.717, 1.165) is 22.4 Å². The fourth-order valence-electron chi connectivity index (χ4n) is 6.14. The molecule has 10 heteroatoms. The average molecular weight is 719 g/mol. The van der Waals surface area contributed by atoms with E-state index in [-0.39, 0.29) is 44.1 Å². The fourth-order valence-corrected chi connectivity index (χ4v) is 6.14. The molecule has 2 atom stereocenters. The number of rotatable bonds is 11. The highest BCUT2D eigenvalue weighted by atomic mass is 16.7. The van der Waals surface area contributed by atoms with Crippen molar-refractivity contribution in [2.75, 3.05) is 41.0 Å². The summed E-state index contributed by atoms with van der Waals surface area (Å²) in [6, 6.07) is 34.7. The summed E-state index contributed by atoms with van der Waals surface area (Å²) in [6.07, 6.45) is 0. The first-order valence-electron chi connectivity index (χ1n) is 17.1. The van der Waals surface area contributed by atoms with Gasteiger partial charge in [0.05, 0.1) is 22.0 Å². The van der Waals surface area contributed by atoms with E-state index >= 15 is 0 Å². The van der Waals surface area contributed by atoms with Crippen molar-refractivity contribution in [2.45, 2.75) is 31.3 Å². The Morgan fingerprint density at radius 1 is 0.585 bits per heavy atom. The van der Waals surface area contributed by atoms with Gasteiger partial charge in [-0.05, 0) is 79.1 Å². The van der Waals surface area contributed by atoms with Crippen LogP contribution in [0.4, 0.5) is 0 Å². The average Bonchev–Trinajstić information content (AvgIpc) is 3.19. The number of ether oxygens (including phenoxy) is 7. The van der Waals surface area contributed by atoms with Crippen LogP contribution in [0, 0.1) is 0 Å². The number of phenols is 1. The Hall–Kier alpha value is -5.84. The quantitative estimate of drug-likeness (QED) is 0.136. The minimum absolute atomic E-state index is 0.0114. The zero-order valence-electron chi connectivity index (χ0n) is 30.1. The maximum Gasteiger partial charge on any atom is 0.188 e. The predicted octanol–water partition coefficient (Wildman–Crippen LogP) is 7.69. The summed E-state index contributed by atoms with van der Waals surface area (Å²) in [4.78, 5) is 26.2. The molecule has 0 aliphatic carbocycles. The molecule has 274 valence electrons. The summed E-state index contributed by atoms with van der Waals surface area (Å²) in [6.45, 7) is 5.03. The van der Waals surface area contributed by atoms with Gasteiger partial charge in [-0.15, -0.1) is 0 Å². The van der Waals surface area contributed by atoms with Gasteiger partial charge in [-0.2, -0.15) is 0 Å². The van der Waals surface area contributed by atoms with Gasteiger partial charge in [-0.1, -0.05) is 54.6 Å². The number of phenolic OH excluding ortho intramolecular Hbond substituents is 1. The van der Waals surface area contributed by atoms with Crippen LogP contribution in [0.2, 0.25) is 0 Å². The van der Waals surface area contributed by atoms with E-state index in [1.165, 1.54) is 0 Å². The number of Topliss-reactive ketones (excluding diaryl/α,β-unsaturated/α-hetero) is 2. The molecular weight excluding hydrogens is 676 g/mol. The Bertz CT molecular complexity index is 2030. The van der Waals surface area contributed by atoms with Gasteiger partial charge >= 0.3 is 0 Å². The molecule has 0 fully saturated rings. The number of ketones is 2. The van der Waals surface area contributed by atoms with E-state index in [2.05, 4.69) is 0 Å². The molecule has 5 aromatic rings. The number of methoxy groups -OCH3 is 2. The van der Waals surface area contributed by atoms with E-state index in [0.29, 0.717) is 40.7 Å². The first kappa shape index (κ1) is 36.9. The molecule has 53 heavy (non-hydrogen) atoms. The fraction of sp³-hybridized carbons (Fsp3) is 0.256. The van der Waals surface area contributed by atoms with Gasteiger partial charge in [0.25, 0.3) is 0 Å². The molecule has 10 nitrogen and oxygen atoms in total. The first-order valence-corrected chi connectivity index (χ1v) is 17.1. The van der Waals surface area contributed by atoms with Crippen LogP contribution in [0.3, 0.4) is 0 Å². The Morgan fingerprint density at radius 3 is 1.51 bits per heavy atom. The van der Waals surface area contributed by atoms with Crippen molar-refractivity contribution in [3.63, 3.8) is 0 Å². The molecule has 0 spiro atoms. The lowest BCUT2D eigenvalue weighted by Crippen LogP contribution is -2.42. The summed E-state index contributed by atoms with van der Waals surface area (Å²) in [7, 11) is 3.10. The van der Waals surface area contributed by atoms with Crippen molar-refractivity contribution in [2.24, 2.45) is 0 Å². The van der Waals surface area contributed by atoms with Crippen molar-refractivity contribution in [3.05, 3.63) is 143 Å². The summed E-state index contributed by atoms with van der Waals surface area (Å²) in [5.74, 6) is 3.19. The molecule has 0 saturated heterocycles. The van der Waals surface area contributed by atoms with E-state index in [1.54, 1.807) is 74.9 Å². The van der Waals surface area contributed by atoms with Gasteiger partial charge in [0.1, 0.15) is 54.3 Å². The van der Waals surface area contributed by atoms with Crippen LogP contribution in [-0.2, 0) is 26.9 Å². The molecule has 2 aliphatic heterocycles. The van der Waals surface area contributed by atoms with E-state index in [4.69, 9.17) is 33.2 Å². The van der Waals surface area contributed by atoms with Crippen molar-refractivity contribution in [1.82, 2.24) is 0 Å². The zero-order valence-corrected chi connectivity index (χ0v) is 30.1. The standard InChI is InChI=1S/C25H24O5.C18H18O5/c1-25(16-29-23-14-21(30-17-27-2)12-13-22(23)24(25)26)19-8-10-20(11-9-19)28-15-18-6-4-3-5-7-18;1-18(12-3-5-13(19)6-4-12)10-22-16-9-14(23-11-21-2)7-8-15(16)17(18)20/h3-14H,15-17H2,1-2H3;3-9,19H,10-11H2,1-2H3. The normalized spacial score (nSPS) is 18.6. The van der Waals surface area contributed by atoms with Crippen molar-refractivity contribution in [1.29, 1.82) is 0 Å². The lowest BCUT2D eigenvalue weighted by atomic mass is 9.75. The molecule has 0 saturated carbocycles. The second-order valence-corrected chi connectivity index (χ2v) is 13.2. The molecule has 0 radical (unpaired) electrons. The topological polar surface area (TPSA) is 119 Å². The highest BCUT2D eigenvalue weighted by Crippen LogP contribution is 2.40. The minimum atomic E-state index is -0.782. The third-order valence-electron chi connectivity index (χ3n) is 9.36. The third-order valence-corrected chi connectivity index (χ3v) is 9.36. The van der Waals surface area contributed by atoms with Crippen LogP contribution < -0.4 is 23.7 Å². The van der Waals surface area contributed by atoms with Gasteiger partial charge in [-0.25, -0.2) is 0 Å². The van der Waals surface area contributed by atoms with Crippen LogP contribution in [0.1, 0.15) is 51.3 Å². The number of carbonyl (C=O) groups is 2. The largest absolute Gasteiger partial charge is 0.508 e. The summed E-state index contributed by atoms with van der Waals surface area (Å²) >= 11 is 0. The lowest BCUT2D eigenvalue weighted by Gasteiger charge is -2.34. The molecule has 2 aliphatic rings. The molecular formula is C43H42O10. The molecule has 0 amide bonds. The SMILES string of the molecule is COCOc1ccc2c(c1)OCC(C)(c1ccc(O)cc1)C2=O.COCOc1ccc2c(c1)OCC(C)(c1ccc(OCc3ccccc3)cc1)C2=O. The second kappa shape index (κ2) is 16.2. The number of hydrogen-bond acceptors (Lipinski definition) is 10. The highest BCUT2D eigenvalue weighted by molar-refractivity contribution is 6.07. The van der Waals surface area contributed by atoms with Crippen LogP contribution in [0.5, 0.6) is 34.5 Å². The Morgan fingerprint density at radius 2 is 1.04 bits per heavy atom. The number of benzene rings is 5. The number of carbonyl (C=O) groups excluding carboxylic acids is 2. The number of fused-ring (bicyclic) bond motifs is 2. The molecule has 0 bridgehead atoms. The van der Waals surface area contributed by atoms with Crippen LogP contribution in [0.25, 0.3) is 0 Å². The monoisotopic (exact) mass is 718 g/mol. The van der Waals surface area contributed by atoms with Gasteiger partial charge in [0, 0.05) is 26.4 Å². The smallest absolute Gasteiger partial charge is 0.188 e. The highest BCUT2D eigenvalue weighted by Gasteiger charge is 2.43. The summed E-state index contributed by atoms with van der Waals surface area (Å²) in [5.41, 5.74) is 2.34. The second-order valence-electron chi connectivity index (χ2n) is 13.2. The number of hydrogen-bond donors (Lipinski definition) is 1. The molecule has 2 heterocycles. The molecule has 2 unspecified atom stereocenters. The predicted molar refractivity (Wildman–Crippen MR) is 198 cm³/mol. The minimum Gasteiger partial charge on any atom is -0.508 e. The van der Waals surface area contributed by atoms with Crippen LogP contribution >= 0.6 is 0 Å². The number of aromatic hydroxyl groups is 1. The zero-order chi connectivity index (χ0) is 37.4. The van der Waals surface area contributed by atoms with Gasteiger partial charge < -0.3 is 38.3 Å². The van der Waals surface area contributed by atoms with Gasteiger partial charge in [0.15, 0.2) is 25.2 Å². The van der Waals surface area contributed by atoms with E-state index in [9.17, 15) is 14.7 Å². The Kier molecular flexibility index (Phi) is 11.3. The summed E-state index contributed by atoms with van der Waals surface area (Å²) in [5, 5.41) is 9.42. The molecule has 1 N–H and O–H groups in total. The van der Waals surface area contributed by atoms with Crippen LogP contribution in [0.15, 0.2) is 115 Å². The maximum atomic E-state index is 13.3. The third kappa shape index (κ3) is 8.14.